The number of benzene rings is 1. The van der Waals surface area contributed by atoms with Crippen LogP contribution in [0.4, 0.5) is 0 Å². The van der Waals surface area contributed by atoms with Gasteiger partial charge in [0.15, 0.2) is 0 Å². The summed E-state index contributed by atoms with van der Waals surface area (Å²) < 4.78 is 13.0. The molecule has 3 aromatic heterocycles. The summed E-state index contributed by atoms with van der Waals surface area (Å²) >= 11 is 0. The maximum absolute atomic E-state index is 5.48. The molecule has 1 N–H and O–H groups in total. The molecule has 28 heavy (non-hydrogen) atoms. The molecule has 5 rings (SSSR count). The summed E-state index contributed by atoms with van der Waals surface area (Å²) in [5.41, 5.74) is 5.56. The summed E-state index contributed by atoms with van der Waals surface area (Å²) in [6.45, 7) is 6.12. The van der Waals surface area contributed by atoms with Gasteiger partial charge in [0.25, 0.3) is 0 Å². The molecule has 8 nitrogen and oxygen atoms in total. The highest BCUT2D eigenvalue weighted by Gasteiger charge is 2.28. The highest BCUT2D eigenvalue weighted by Crippen LogP contribution is 2.38. The van der Waals surface area contributed by atoms with Gasteiger partial charge in [0, 0.05) is 23.0 Å². The highest BCUT2D eigenvalue weighted by molar-refractivity contribution is 5.77. The van der Waals surface area contributed by atoms with E-state index in [2.05, 4.69) is 29.9 Å². The first-order valence-corrected chi connectivity index (χ1v) is 9.07. The highest BCUT2D eigenvalue weighted by atomic mass is 16.5. The lowest BCUT2D eigenvalue weighted by Crippen LogP contribution is -2.11. The third kappa shape index (κ3) is 2.45. The number of hydrogen-bond donors (Lipinski definition) is 1. The van der Waals surface area contributed by atoms with Crippen molar-refractivity contribution in [2.45, 2.75) is 32.6 Å². The van der Waals surface area contributed by atoms with Crippen LogP contribution >= 0.6 is 0 Å². The van der Waals surface area contributed by atoms with Crippen molar-refractivity contribution in [3.05, 3.63) is 47.9 Å². The van der Waals surface area contributed by atoms with E-state index in [1.54, 1.807) is 7.11 Å². The van der Waals surface area contributed by atoms with E-state index in [9.17, 15) is 0 Å². The first kappa shape index (κ1) is 16.7. The van der Waals surface area contributed by atoms with Crippen LogP contribution in [0.15, 0.2) is 35.2 Å². The fraction of sp³-hybridized carbons (Fsp3) is 0.300. The molecule has 0 saturated heterocycles. The van der Waals surface area contributed by atoms with E-state index in [-0.39, 0.29) is 5.41 Å². The fourth-order valence-electron chi connectivity index (χ4n) is 3.47. The van der Waals surface area contributed by atoms with Gasteiger partial charge in [-0.25, -0.2) is 4.98 Å². The Morgan fingerprint density at radius 2 is 2.11 bits per heavy atom. The van der Waals surface area contributed by atoms with Crippen molar-refractivity contribution in [3.63, 3.8) is 0 Å². The standard InChI is InChI=1S/C20H20N6O2/c1-20(2,3)19-23-18(25-28-19)17-15-7-11-9-22-24-16(11)13-8-12(27-4)5-6-14(13)26(15)10-21-17/h5-6,8-10H,7H2,1-4H3,(H,22,24). The van der Waals surface area contributed by atoms with Gasteiger partial charge in [0.05, 0.1) is 30.4 Å². The van der Waals surface area contributed by atoms with E-state index in [4.69, 9.17) is 9.26 Å². The van der Waals surface area contributed by atoms with Gasteiger partial charge in [-0.05, 0) is 18.2 Å². The van der Waals surface area contributed by atoms with Gasteiger partial charge in [0.1, 0.15) is 17.8 Å². The van der Waals surface area contributed by atoms with Crippen molar-refractivity contribution in [3.8, 4) is 34.2 Å². The minimum Gasteiger partial charge on any atom is -0.497 e. The smallest absolute Gasteiger partial charge is 0.232 e. The van der Waals surface area contributed by atoms with Gasteiger partial charge in [-0.2, -0.15) is 10.1 Å². The maximum atomic E-state index is 5.48. The number of nitrogens with zero attached hydrogens (tertiary/aromatic N) is 5. The maximum Gasteiger partial charge on any atom is 0.232 e. The lowest BCUT2D eigenvalue weighted by Gasteiger charge is -2.11. The Balaban J connectivity index is 1.71. The Labute approximate surface area is 161 Å². The molecule has 0 saturated carbocycles. The van der Waals surface area contributed by atoms with Crippen molar-refractivity contribution in [1.82, 2.24) is 29.9 Å². The molecule has 1 aromatic carbocycles. The molecule has 1 aliphatic rings. The summed E-state index contributed by atoms with van der Waals surface area (Å²) in [5, 5.41) is 11.6. The van der Waals surface area contributed by atoms with Crippen molar-refractivity contribution in [1.29, 1.82) is 0 Å². The molecule has 1 aliphatic heterocycles. The number of H-pyrrole nitrogens is 1. The molecule has 8 heteroatoms. The number of fused-ring (bicyclic) bond motifs is 5. The Morgan fingerprint density at radius 3 is 2.86 bits per heavy atom. The van der Waals surface area contributed by atoms with E-state index in [0.29, 0.717) is 18.1 Å². The van der Waals surface area contributed by atoms with Gasteiger partial charge in [-0.1, -0.05) is 25.9 Å². The Kier molecular flexibility index (Phi) is 3.46. The van der Waals surface area contributed by atoms with Gasteiger partial charge in [0.2, 0.25) is 11.7 Å². The number of rotatable bonds is 2. The van der Waals surface area contributed by atoms with Crippen LogP contribution in [0.1, 0.15) is 37.9 Å². The Morgan fingerprint density at radius 1 is 1.25 bits per heavy atom. The van der Waals surface area contributed by atoms with Crippen molar-refractivity contribution in [2.24, 2.45) is 0 Å². The molecule has 0 atom stereocenters. The normalized spacial score (nSPS) is 12.9. The van der Waals surface area contributed by atoms with Crippen molar-refractivity contribution in [2.75, 3.05) is 7.11 Å². The molecule has 4 heterocycles. The van der Waals surface area contributed by atoms with Gasteiger partial charge < -0.3 is 13.8 Å². The number of imidazole rings is 1. The first-order valence-electron chi connectivity index (χ1n) is 9.07. The second-order valence-corrected chi connectivity index (χ2v) is 7.91. The molecule has 0 fully saturated rings. The van der Waals surface area contributed by atoms with Crippen LogP contribution < -0.4 is 4.74 Å². The summed E-state index contributed by atoms with van der Waals surface area (Å²) in [5.74, 6) is 1.88. The second kappa shape index (κ2) is 5.79. The van der Waals surface area contributed by atoms with Gasteiger partial charge >= 0.3 is 0 Å². The zero-order chi connectivity index (χ0) is 19.5. The zero-order valence-electron chi connectivity index (χ0n) is 16.1. The van der Waals surface area contributed by atoms with Gasteiger partial charge in [-0.3, -0.25) is 5.10 Å². The van der Waals surface area contributed by atoms with E-state index >= 15 is 0 Å². The van der Waals surface area contributed by atoms with Crippen molar-refractivity contribution >= 4 is 0 Å². The van der Waals surface area contributed by atoms with Gasteiger partial charge in [-0.15, -0.1) is 0 Å². The topological polar surface area (TPSA) is 94.7 Å². The summed E-state index contributed by atoms with van der Waals surface area (Å²) in [6, 6.07) is 5.97. The molecular formula is C20H20N6O2. The van der Waals surface area contributed by atoms with E-state index in [1.165, 1.54) is 0 Å². The van der Waals surface area contributed by atoms with Crippen LogP contribution in [0.5, 0.6) is 5.75 Å². The van der Waals surface area contributed by atoms with E-state index in [1.807, 2.05) is 51.5 Å². The van der Waals surface area contributed by atoms with Crippen LogP contribution in [0.2, 0.25) is 0 Å². The molecule has 0 unspecified atom stereocenters. The quantitative estimate of drug-likeness (QED) is 0.506. The second-order valence-electron chi connectivity index (χ2n) is 7.91. The number of ether oxygens (including phenoxy) is 1. The minimum absolute atomic E-state index is 0.219. The predicted octanol–water partition coefficient (Wildman–Crippen LogP) is 3.52. The Hall–Kier alpha value is -3.42. The average Bonchev–Trinajstić information content (AvgIpc) is 3.39. The lowest BCUT2D eigenvalue weighted by molar-refractivity contribution is 0.321. The van der Waals surface area contributed by atoms with E-state index < -0.39 is 0 Å². The van der Waals surface area contributed by atoms with Crippen LogP contribution in [-0.2, 0) is 11.8 Å². The van der Waals surface area contributed by atoms with Crippen LogP contribution in [-0.4, -0.2) is 37.0 Å². The first-order chi connectivity index (χ1) is 13.5. The predicted molar refractivity (Wildman–Crippen MR) is 102 cm³/mol. The van der Waals surface area contributed by atoms with Crippen LogP contribution in [0.3, 0.4) is 0 Å². The number of methoxy groups -OCH3 is 1. The zero-order valence-corrected chi connectivity index (χ0v) is 16.1. The molecule has 0 spiro atoms. The SMILES string of the molecule is COc1ccc2c(c1)-c1[nH]ncc1Cc1c(-c3noc(C(C)(C)C)n3)ncn1-2. The third-order valence-electron chi connectivity index (χ3n) is 4.95. The summed E-state index contributed by atoms with van der Waals surface area (Å²) in [4.78, 5) is 9.21. The van der Waals surface area contributed by atoms with Crippen LogP contribution in [0.25, 0.3) is 28.5 Å². The lowest BCUT2D eigenvalue weighted by atomic mass is 9.97. The number of aromatic amines is 1. The van der Waals surface area contributed by atoms with Crippen molar-refractivity contribution < 1.29 is 9.26 Å². The molecule has 0 bridgehead atoms. The molecule has 4 aromatic rings. The molecule has 142 valence electrons. The summed E-state index contributed by atoms with van der Waals surface area (Å²) in [6.07, 6.45) is 4.31. The fourth-order valence-corrected chi connectivity index (χ4v) is 3.47. The number of aromatic nitrogens is 6. The monoisotopic (exact) mass is 376 g/mol. The minimum atomic E-state index is -0.219. The Bertz CT molecular complexity index is 1180. The average molecular weight is 376 g/mol. The van der Waals surface area contributed by atoms with Crippen LogP contribution in [0, 0.1) is 0 Å². The summed E-state index contributed by atoms with van der Waals surface area (Å²) in [7, 11) is 1.66. The largest absolute Gasteiger partial charge is 0.497 e. The molecular weight excluding hydrogens is 356 g/mol. The molecule has 0 radical (unpaired) electrons. The number of nitrogens with one attached hydrogen (secondary N) is 1. The number of hydrogen-bond acceptors (Lipinski definition) is 6. The molecule has 0 aliphatic carbocycles. The third-order valence-corrected chi connectivity index (χ3v) is 4.95. The molecule has 0 amide bonds. The van der Waals surface area contributed by atoms with E-state index in [0.717, 1.165) is 39.6 Å².